The van der Waals surface area contributed by atoms with E-state index in [-0.39, 0.29) is 16.4 Å². The van der Waals surface area contributed by atoms with E-state index in [0.717, 1.165) is 22.9 Å². The van der Waals surface area contributed by atoms with E-state index in [2.05, 4.69) is 27.2 Å². The summed E-state index contributed by atoms with van der Waals surface area (Å²) in [6.07, 6.45) is 1.07. The van der Waals surface area contributed by atoms with Gasteiger partial charge in [-0.3, -0.25) is 4.55 Å². The first-order valence-corrected chi connectivity index (χ1v) is 9.79. The summed E-state index contributed by atoms with van der Waals surface area (Å²) in [4.78, 5) is 5.66. The van der Waals surface area contributed by atoms with E-state index in [0.29, 0.717) is 23.4 Å². The summed E-state index contributed by atoms with van der Waals surface area (Å²) in [5.41, 5.74) is 1.36. The third-order valence-corrected chi connectivity index (χ3v) is 4.99. The second-order valence-corrected chi connectivity index (χ2v) is 7.74. The van der Waals surface area contributed by atoms with Gasteiger partial charge in [-0.05, 0) is 48.4 Å². The molecule has 0 spiro atoms. The van der Waals surface area contributed by atoms with Crippen molar-refractivity contribution < 1.29 is 37.2 Å². The minimum Gasteiger partial charge on any atom is -0.442 e. The van der Waals surface area contributed by atoms with Crippen molar-refractivity contribution in [3.8, 4) is 5.75 Å². The van der Waals surface area contributed by atoms with Crippen LogP contribution >= 0.6 is 24.7 Å². The molecule has 27 heavy (non-hydrogen) atoms. The second kappa shape index (κ2) is 9.94. The number of thiol groups is 1. The number of hydrogen-bond acceptors (Lipinski definition) is 10. The highest BCUT2D eigenvalue weighted by molar-refractivity contribution is 7.94. The van der Waals surface area contributed by atoms with Gasteiger partial charge in [-0.2, -0.15) is 8.42 Å². The fraction of sp³-hybridized carbons (Fsp3) is 0.133. The van der Waals surface area contributed by atoms with Crippen LogP contribution in [0.3, 0.4) is 0 Å². The Morgan fingerprint density at radius 3 is 2.70 bits per heavy atom. The van der Waals surface area contributed by atoms with Crippen molar-refractivity contribution in [3.05, 3.63) is 47.5 Å². The third kappa shape index (κ3) is 7.03. The quantitative estimate of drug-likeness (QED) is 0.104. The number of rotatable bonds is 9. The van der Waals surface area contributed by atoms with Gasteiger partial charge >= 0.3 is 0 Å². The van der Waals surface area contributed by atoms with E-state index in [1.54, 1.807) is 12.1 Å². The molecule has 2 N–H and O–H groups in total. The lowest BCUT2D eigenvalue weighted by Gasteiger charge is -2.06. The van der Waals surface area contributed by atoms with Gasteiger partial charge in [0.2, 0.25) is 6.40 Å². The molecule has 0 aliphatic rings. The molecule has 0 aliphatic carbocycles. The van der Waals surface area contributed by atoms with Gasteiger partial charge in [0.25, 0.3) is 10.1 Å². The van der Waals surface area contributed by atoms with Crippen LogP contribution in [0.5, 0.6) is 5.75 Å². The van der Waals surface area contributed by atoms with Crippen LogP contribution in [0.15, 0.2) is 56.2 Å². The maximum absolute atomic E-state index is 11.3. The van der Waals surface area contributed by atoms with Crippen LogP contribution in [0, 0.1) is 6.92 Å². The van der Waals surface area contributed by atoms with Crippen molar-refractivity contribution >= 4 is 41.2 Å². The molecule has 0 saturated heterocycles. The fourth-order valence-electron chi connectivity index (χ4n) is 1.85. The van der Waals surface area contributed by atoms with Crippen molar-refractivity contribution in [1.82, 2.24) is 0 Å². The molecule has 0 radical (unpaired) electrons. The Labute approximate surface area is 165 Å². The first-order valence-electron chi connectivity index (χ1n) is 7.16. The molecule has 0 atom stereocenters. The van der Waals surface area contributed by atoms with Crippen LogP contribution in [0.4, 0.5) is 0 Å². The molecule has 146 valence electrons. The second-order valence-electron chi connectivity index (χ2n) is 5.06. The predicted molar refractivity (Wildman–Crippen MR) is 99.3 cm³/mol. The van der Waals surface area contributed by atoms with E-state index in [9.17, 15) is 13.0 Å². The summed E-state index contributed by atoms with van der Waals surface area (Å²) in [5, 5.41) is 15.2. The molecule has 2 rings (SSSR count). The van der Waals surface area contributed by atoms with Crippen LogP contribution in [0.2, 0.25) is 0 Å². The van der Waals surface area contributed by atoms with Gasteiger partial charge in [-0.15, -0.1) is 17.0 Å². The lowest BCUT2D eigenvalue weighted by molar-refractivity contribution is -0.432. The topological polar surface area (TPSA) is 124 Å². The number of nitrogens with zero attached hydrogens (tertiary/aromatic N) is 1. The van der Waals surface area contributed by atoms with E-state index >= 15 is 0 Å². The van der Waals surface area contributed by atoms with Crippen molar-refractivity contribution in [3.63, 3.8) is 0 Å². The Hall–Kier alpha value is -1.80. The Balaban J connectivity index is 2.00. The zero-order valence-electron chi connectivity index (χ0n) is 13.8. The molecule has 0 bridgehead atoms. The molecule has 0 unspecified atom stereocenters. The number of hydrogen-bond donors (Lipinski definition) is 3. The highest BCUT2D eigenvalue weighted by Crippen LogP contribution is 2.25. The normalized spacial score (nSPS) is 11.7. The molecule has 9 nitrogen and oxygen atoms in total. The van der Waals surface area contributed by atoms with Gasteiger partial charge in [-0.1, -0.05) is 16.3 Å². The number of ether oxygens (including phenoxy) is 1. The molecule has 2 aromatic carbocycles. The third-order valence-electron chi connectivity index (χ3n) is 3.12. The van der Waals surface area contributed by atoms with Crippen LogP contribution in [0.25, 0.3) is 0 Å². The first kappa shape index (κ1) is 21.5. The minimum atomic E-state index is -4.45. The van der Waals surface area contributed by atoms with Crippen molar-refractivity contribution in [2.45, 2.75) is 28.2 Å². The molecular weight excluding hydrogens is 418 g/mol. The van der Waals surface area contributed by atoms with Crippen molar-refractivity contribution in [2.24, 2.45) is 5.16 Å². The fourth-order valence-corrected chi connectivity index (χ4v) is 3.19. The van der Waals surface area contributed by atoms with E-state index in [4.69, 9.17) is 14.8 Å². The molecule has 2 aromatic rings. The van der Waals surface area contributed by atoms with E-state index in [1.165, 1.54) is 12.1 Å². The zero-order valence-corrected chi connectivity index (χ0v) is 16.3. The lowest BCUT2D eigenvalue weighted by Crippen LogP contribution is -2.01. The van der Waals surface area contributed by atoms with Gasteiger partial charge in [-0.25, -0.2) is 5.26 Å². The molecule has 0 fully saturated rings. The molecule has 0 amide bonds. The molecule has 0 aromatic heterocycles. The molecule has 0 aliphatic heterocycles. The molecule has 0 saturated carbocycles. The van der Waals surface area contributed by atoms with Gasteiger partial charge in [0, 0.05) is 9.79 Å². The van der Waals surface area contributed by atoms with Gasteiger partial charge in [0.05, 0.1) is 16.9 Å². The van der Waals surface area contributed by atoms with E-state index in [1.807, 2.05) is 13.0 Å². The Bertz CT molecular complexity index is 917. The van der Waals surface area contributed by atoms with Crippen molar-refractivity contribution in [2.75, 3.05) is 0 Å². The number of benzene rings is 2. The van der Waals surface area contributed by atoms with Crippen molar-refractivity contribution in [1.29, 1.82) is 0 Å². The standard InChI is InChI=1S/C15H15NO8S3/c1-10-2-3-12(6-15(10)25)21-9-16-22-8-11-4-13(26-24-23-17)7-14(5-11)27(18,19)20/h2-7,9,17,25H,8H2,1H3,(H,18,19,20)/b16-9-. The van der Waals surface area contributed by atoms with Crippen LogP contribution in [-0.4, -0.2) is 24.6 Å². The molecule has 0 heterocycles. The Kier molecular flexibility index (Phi) is 7.91. The Morgan fingerprint density at radius 1 is 1.26 bits per heavy atom. The summed E-state index contributed by atoms with van der Waals surface area (Å²) >= 11 is 4.82. The van der Waals surface area contributed by atoms with Gasteiger partial charge in [0.1, 0.15) is 12.4 Å². The lowest BCUT2D eigenvalue weighted by atomic mass is 10.2. The Morgan fingerprint density at radius 2 is 2.04 bits per heavy atom. The average molecular weight is 433 g/mol. The number of oxime groups is 1. The maximum Gasteiger partial charge on any atom is 0.294 e. The smallest absolute Gasteiger partial charge is 0.294 e. The van der Waals surface area contributed by atoms with Gasteiger partial charge < -0.3 is 9.57 Å². The maximum atomic E-state index is 11.3. The number of aryl methyl sites for hydroxylation is 1. The summed E-state index contributed by atoms with van der Waals surface area (Å²) in [7, 11) is -4.45. The highest BCUT2D eigenvalue weighted by Gasteiger charge is 2.13. The summed E-state index contributed by atoms with van der Waals surface area (Å²) in [5.74, 6) is 0.520. The predicted octanol–water partition coefficient (Wildman–Crippen LogP) is 3.50. The van der Waals surface area contributed by atoms with Crippen LogP contribution < -0.4 is 4.74 Å². The molecule has 12 heteroatoms. The van der Waals surface area contributed by atoms with E-state index < -0.39 is 10.1 Å². The zero-order chi connectivity index (χ0) is 19.9. The molecular formula is C15H15NO8S3. The average Bonchev–Trinajstić information content (AvgIpc) is 2.61. The summed E-state index contributed by atoms with van der Waals surface area (Å²) in [6.45, 7) is 1.79. The van der Waals surface area contributed by atoms with Crippen LogP contribution in [-0.2, 0) is 30.9 Å². The summed E-state index contributed by atoms with van der Waals surface area (Å²) < 4.78 is 41.3. The summed E-state index contributed by atoms with van der Waals surface area (Å²) in [6, 6.07) is 9.10. The first-order chi connectivity index (χ1) is 12.8. The minimum absolute atomic E-state index is 0.123. The largest absolute Gasteiger partial charge is 0.442 e. The SMILES string of the molecule is Cc1ccc(O/C=N\OCc2cc(SOOO)cc(S(=O)(=O)O)c2)cc1S. The monoisotopic (exact) mass is 433 g/mol. The van der Waals surface area contributed by atoms with Gasteiger partial charge in [0.15, 0.2) is 0 Å². The van der Waals surface area contributed by atoms with Crippen LogP contribution in [0.1, 0.15) is 11.1 Å². The highest BCUT2D eigenvalue weighted by atomic mass is 32.2.